The van der Waals surface area contributed by atoms with Gasteiger partial charge in [-0.1, -0.05) is 46.4 Å². The molecule has 8 heteroatoms. The van der Waals surface area contributed by atoms with Gasteiger partial charge in [-0.3, -0.25) is 4.79 Å². The number of hydrogen-bond donors (Lipinski definition) is 1. The topological polar surface area (TPSA) is 38.3 Å². The second-order valence-corrected chi connectivity index (χ2v) is 8.52. The van der Waals surface area contributed by atoms with E-state index in [1.54, 1.807) is 48.5 Å². The van der Waals surface area contributed by atoms with Gasteiger partial charge in [0, 0.05) is 14.2 Å². The van der Waals surface area contributed by atoms with E-state index in [1.165, 1.54) is 0 Å². The summed E-state index contributed by atoms with van der Waals surface area (Å²) in [7, 11) is 0. The first-order valence-corrected chi connectivity index (χ1v) is 8.90. The second-order valence-electron chi connectivity index (χ2n) is 4.47. The van der Waals surface area contributed by atoms with Gasteiger partial charge < -0.3 is 10.1 Å². The smallest absolute Gasteiger partial charge is 0.254 e. The van der Waals surface area contributed by atoms with E-state index in [0.717, 1.165) is 3.57 Å². The SMILES string of the molecule is O=C(NC(Oc1ccc(Cl)cc1)C(Cl)(Cl)Cl)c1ccc(I)cc1. The number of carbonyl (C=O) groups is 1. The lowest BCUT2D eigenvalue weighted by molar-refractivity contribution is 0.0833. The molecular weight excluding hydrogens is 495 g/mol. The van der Waals surface area contributed by atoms with E-state index < -0.39 is 15.9 Å². The molecule has 0 saturated carbocycles. The van der Waals surface area contributed by atoms with Crippen LogP contribution in [-0.2, 0) is 0 Å². The van der Waals surface area contributed by atoms with Crippen molar-refractivity contribution in [3.8, 4) is 5.75 Å². The predicted molar refractivity (Wildman–Crippen MR) is 103 cm³/mol. The number of amides is 1. The number of benzene rings is 2. The van der Waals surface area contributed by atoms with E-state index in [2.05, 4.69) is 27.9 Å². The van der Waals surface area contributed by atoms with Crippen molar-refractivity contribution < 1.29 is 9.53 Å². The van der Waals surface area contributed by atoms with Crippen molar-refractivity contribution in [3.05, 3.63) is 62.7 Å². The monoisotopic (exact) mass is 503 g/mol. The van der Waals surface area contributed by atoms with E-state index in [0.29, 0.717) is 16.3 Å². The molecule has 0 aromatic heterocycles. The number of nitrogens with one attached hydrogen (secondary N) is 1. The number of alkyl halides is 3. The zero-order chi connectivity index (χ0) is 17.0. The van der Waals surface area contributed by atoms with Crippen LogP contribution in [0.4, 0.5) is 0 Å². The third kappa shape index (κ3) is 5.87. The van der Waals surface area contributed by atoms with Crippen molar-refractivity contribution in [2.24, 2.45) is 0 Å². The third-order valence-corrected chi connectivity index (χ3v) is 4.30. The highest BCUT2D eigenvalue weighted by Gasteiger charge is 2.36. The minimum Gasteiger partial charge on any atom is -0.466 e. The highest BCUT2D eigenvalue weighted by molar-refractivity contribution is 14.1. The Morgan fingerprint density at radius 1 is 1.04 bits per heavy atom. The van der Waals surface area contributed by atoms with Crippen molar-refractivity contribution in [2.75, 3.05) is 0 Å². The maximum Gasteiger partial charge on any atom is 0.254 e. The fraction of sp³-hybridized carbons (Fsp3) is 0.133. The zero-order valence-electron chi connectivity index (χ0n) is 11.4. The van der Waals surface area contributed by atoms with Gasteiger partial charge in [-0.2, -0.15) is 0 Å². The molecule has 23 heavy (non-hydrogen) atoms. The van der Waals surface area contributed by atoms with Crippen LogP contribution in [0.1, 0.15) is 10.4 Å². The number of halogens is 5. The Labute approximate surface area is 167 Å². The Morgan fingerprint density at radius 2 is 1.61 bits per heavy atom. The molecule has 1 atom stereocenters. The van der Waals surface area contributed by atoms with Gasteiger partial charge in [0.15, 0.2) is 0 Å². The minimum absolute atomic E-state index is 0.410. The summed E-state index contributed by atoms with van der Waals surface area (Å²) in [4.78, 5) is 12.3. The van der Waals surface area contributed by atoms with Gasteiger partial charge in [-0.05, 0) is 71.1 Å². The fourth-order valence-electron chi connectivity index (χ4n) is 1.63. The summed E-state index contributed by atoms with van der Waals surface area (Å²) >= 11 is 25.7. The van der Waals surface area contributed by atoms with Crippen molar-refractivity contribution in [1.82, 2.24) is 5.32 Å². The molecule has 0 heterocycles. The summed E-state index contributed by atoms with van der Waals surface area (Å²) in [6, 6.07) is 13.5. The first kappa shape index (κ1) is 18.9. The normalized spacial score (nSPS) is 12.6. The third-order valence-electron chi connectivity index (χ3n) is 2.73. The number of hydrogen-bond acceptors (Lipinski definition) is 2. The lowest BCUT2D eigenvalue weighted by Crippen LogP contribution is -2.47. The summed E-state index contributed by atoms with van der Waals surface area (Å²) in [6.45, 7) is 0. The van der Waals surface area contributed by atoms with E-state index in [-0.39, 0.29) is 0 Å². The molecule has 0 spiro atoms. The average Bonchev–Trinajstić information content (AvgIpc) is 2.48. The lowest BCUT2D eigenvalue weighted by Gasteiger charge is -2.26. The Bertz CT molecular complexity index is 671. The average molecular weight is 505 g/mol. The largest absolute Gasteiger partial charge is 0.466 e. The summed E-state index contributed by atoms with van der Waals surface area (Å²) in [5.41, 5.74) is 0.435. The minimum atomic E-state index is -1.85. The molecule has 1 N–H and O–H groups in total. The molecule has 0 fully saturated rings. The van der Waals surface area contributed by atoms with Gasteiger partial charge in [0.2, 0.25) is 10.0 Å². The molecule has 3 nitrogen and oxygen atoms in total. The van der Waals surface area contributed by atoms with Crippen LogP contribution in [0.5, 0.6) is 5.75 Å². The lowest BCUT2D eigenvalue weighted by atomic mass is 10.2. The Balaban J connectivity index is 2.14. The highest BCUT2D eigenvalue weighted by atomic mass is 127. The van der Waals surface area contributed by atoms with Crippen LogP contribution in [0.2, 0.25) is 5.02 Å². The van der Waals surface area contributed by atoms with Gasteiger partial charge in [0.1, 0.15) is 5.75 Å². The fourth-order valence-corrected chi connectivity index (χ4v) is 2.41. The molecule has 2 aromatic carbocycles. The number of ether oxygens (including phenoxy) is 1. The van der Waals surface area contributed by atoms with Gasteiger partial charge >= 0.3 is 0 Å². The molecule has 0 saturated heterocycles. The quantitative estimate of drug-likeness (QED) is 0.341. The Morgan fingerprint density at radius 3 is 2.13 bits per heavy atom. The van der Waals surface area contributed by atoms with Gasteiger partial charge in [-0.25, -0.2) is 0 Å². The van der Waals surface area contributed by atoms with Gasteiger partial charge in [0.25, 0.3) is 5.91 Å². The first-order chi connectivity index (χ1) is 10.8. The van der Waals surface area contributed by atoms with E-state index in [1.807, 2.05) is 0 Å². The number of rotatable bonds is 4. The maximum absolute atomic E-state index is 12.3. The summed E-state index contributed by atoms with van der Waals surface area (Å²) < 4.78 is 4.72. The molecule has 1 unspecified atom stereocenters. The summed E-state index contributed by atoms with van der Waals surface area (Å²) in [5, 5.41) is 3.11. The predicted octanol–water partition coefficient (Wildman–Crippen LogP) is 5.45. The standard InChI is InChI=1S/C15H10Cl4INO2/c16-10-3-7-12(8-4-10)23-14(15(17,18)19)21-13(22)9-1-5-11(20)6-2-9/h1-8,14H,(H,21,22). The molecule has 2 aromatic rings. The second kappa shape index (κ2) is 8.12. The Hall–Kier alpha value is -0.400. The molecule has 122 valence electrons. The van der Waals surface area contributed by atoms with Crippen LogP contribution >= 0.6 is 69.0 Å². The molecule has 2 rings (SSSR count). The molecule has 0 aliphatic heterocycles. The van der Waals surface area contributed by atoms with Crippen molar-refractivity contribution in [1.29, 1.82) is 0 Å². The van der Waals surface area contributed by atoms with E-state index in [9.17, 15) is 4.79 Å². The summed E-state index contributed by atoms with van der Waals surface area (Å²) in [5.74, 6) is 0.000300. The van der Waals surface area contributed by atoms with Gasteiger partial charge in [0.05, 0.1) is 0 Å². The maximum atomic E-state index is 12.3. The summed E-state index contributed by atoms with van der Waals surface area (Å²) in [6.07, 6.45) is -1.17. The zero-order valence-corrected chi connectivity index (χ0v) is 16.6. The molecular formula is C15H10Cl4INO2. The van der Waals surface area contributed by atoms with Crippen LogP contribution in [0.15, 0.2) is 48.5 Å². The van der Waals surface area contributed by atoms with Crippen LogP contribution in [0, 0.1) is 3.57 Å². The molecule has 0 aliphatic carbocycles. The van der Waals surface area contributed by atoms with E-state index >= 15 is 0 Å². The highest BCUT2D eigenvalue weighted by Crippen LogP contribution is 2.32. The van der Waals surface area contributed by atoms with Crippen molar-refractivity contribution in [3.63, 3.8) is 0 Å². The molecule has 0 aliphatic rings. The number of carbonyl (C=O) groups excluding carboxylic acids is 1. The first-order valence-electron chi connectivity index (χ1n) is 6.31. The van der Waals surface area contributed by atoms with Crippen LogP contribution in [0.3, 0.4) is 0 Å². The molecule has 1 amide bonds. The van der Waals surface area contributed by atoms with E-state index in [4.69, 9.17) is 51.1 Å². The van der Waals surface area contributed by atoms with Crippen LogP contribution < -0.4 is 10.1 Å². The Kier molecular flexibility index (Phi) is 6.68. The molecule has 0 radical (unpaired) electrons. The van der Waals surface area contributed by atoms with Crippen molar-refractivity contribution in [2.45, 2.75) is 10.0 Å². The van der Waals surface area contributed by atoms with Gasteiger partial charge in [-0.15, -0.1) is 0 Å². The van der Waals surface area contributed by atoms with Crippen LogP contribution in [0.25, 0.3) is 0 Å². The molecule has 0 bridgehead atoms. The van der Waals surface area contributed by atoms with Crippen molar-refractivity contribution >= 4 is 74.9 Å². The van der Waals surface area contributed by atoms with Crippen LogP contribution in [-0.4, -0.2) is 15.9 Å².